The van der Waals surface area contributed by atoms with Gasteiger partial charge in [0.25, 0.3) is 0 Å². The Bertz CT molecular complexity index is 367. The first-order chi connectivity index (χ1) is 10.4. The van der Waals surface area contributed by atoms with E-state index in [0.29, 0.717) is 12.6 Å². The summed E-state index contributed by atoms with van der Waals surface area (Å²) in [4.78, 5) is 19.7. The molecule has 1 amide bonds. The van der Waals surface area contributed by atoms with Crippen LogP contribution in [0, 0.1) is 5.92 Å². The van der Waals surface area contributed by atoms with Crippen molar-refractivity contribution in [2.75, 3.05) is 47.4 Å². The van der Waals surface area contributed by atoms with Crippen LogP contribution in [0.5, 0.6) is 0 Å². The molecule has 0 aromatic heterocycles. The maximum Gasteiger partial charge on any atom is 0.243 e. The fourth-order valence-corrected chi connectivity index (χ4v) is 1.72. The molecule has 1 unspecified atom stereocenters. The summed E-state index contributed by atoms with van der Waals surface area (Å²) in [6.45, 7) is 6.73. The monoisotopic (exact) mass is 312 g/mol. The van der Waals surface area contributed by atoms with Crippen LogP contribution in [0.3, 0.4) is 0 Å². The molecule has 0 bridgehead atoms. The summed E-state index contributed by atoms with van der Waals surface area (Å²) >= 11 is 0. The molecule has 1 atom stereocenters. The van der Waals surface area contributed by atoms with E-state index in [2.05, 4.69) is 24.2 Å². The molecule has 0 aliphatic heterocycles. The minimum atomic E-state index is 0.00170. The van der Waals surface area contributed by atoms with Crippen LogP contribution >= 0.6 is 0 Å². The molecule has 1 aliphatic rings. The molecule has 6 heteroatoms. The van der Waals surface area contributed by atoms with Gasteiger partial charge in [0.2, 0.25) is 5.91 Å². The molecule has 0 spiro atoms. The molecule has 0 heterocycles. The molecule has 128 valence electrons. The number of hydrogen-bond acceptors (Lipinski definition) is 3. The molecule has 1 N–H and O–H groups in total. The molecule has 0 aromatic carbocycles. The van der Waals surface area contributed by atoms with Gasteiger partial charge >= 0.3 is 0 Å². The second-order valence-electron chi connectivity index (χ2n) is 6.32. The second-order valence-corrected chi connectivity index (χ2v) is 6.32. The molecule has 1 saturated carbocycles. The average molecular weight is 312 g/mol. The smallest absolute Gasteiger partial charge is 0.243 e. The molecule has 0 radical (unpaired) electrons. The van der Waals surface area contributed by atoms with Gasteiger partial charge in [-0.2, -0.15) is 0 Å². The Morgan fingerprint density at radius 2 is 2.05 bits per heavy atom. The van der Waals surface area contributed by atoms with Crippen molar-refractivity contribution in [1.29, 1.82) is 0 Å². The van der Waals surface area contributed by atoms with Gasteiger partial charge < -0.3 is 19.9 Å². The second kappa shape index (κ2) is 9.66. The largest absolute Gasteiger partial charge is 0.379 e. The number of aliphatic imine (C=N–C) groups is 1. The van der Waals surface area contributed by atoms with Gasteiger partial charge in [0.05, 0.1) is 6.61 Å². The van der Waals surface area contributed by atoms with Gasteiger partial charge in [-0.3, -0.25) is 4.79 Å². The summed E-state index contributed by atoms with van der Waals surface area (Å²) in [5.41, 5.74) is 0. The number of nitrogens with zero attached hydrogens (tertiary/aromatic N) is 3. The molecule has 22 heavy (non-hydrogen) atoms. The molecule has 1 aliphatic carbocycles. The van der Waals surface area contributed by atoms with Crippen molar-refractivity contribution < 1.29 is 9.53 Å². The van der Waals surface area contributed by atoms with Gasteiger partial charge in [-0.05, 0) is 32.1 Å². The summed E-state index contributed by atoms with van der Waals surface area (Å²) < 4.78 is 5.67. The number of hydrogen-bond donors (Lipinski definition) is 1. The first-order valence-corrected chi connectivity index (χ1v) is 8.24. The minimum absolute atomic E-state index is 0.00170. The zero-order chi connectivity index (χ0) is 16.5. The number of carbonyl (C=O) groups excluding carboxylic acids is 1. The van der Waals surface area contributed by atoms with E-state index in [-0.39, 0.29) is 12.5 Å². The van der Waals surface area contributed by atoms with E-state index >= 15 is 0 Å². The van der Waals surface area contributed by atoms with Crippen LogP contribution in [0.25, 0.3) is 0 Å². The molecule has 1 fully saturated rings. The number of amides is 1. The van der Waals surface area contributed by atoms with Gasteiger partial charge in [0, 0.05) is 40.3 Å². The Balaban J connectivity index is 2.46. The number of guanidine groups is 1. The number of rotatable bonds is 9. The van der Waals surface area contributed by atoms with Crippen molar-refractivity contribution in [3.63, 3.8) is 0 Å². The number of likely N-dealkylation sites (N-methyl/N-ethyl adjacent to an activating group) is 2. The third-order valence-corrected chi connectivity index (χ3v) is 3.83. The van der Waals surface area contributed by atoms with Crippen molar-refractivity contribution in [2.45, 2.75) is 39.2 Å². The Kier molecular flexibility index (Phi) is 8.24. The third kappa shape index (κ3) is 7.64. The van der Waals surface area contributed by atoms with Crippen LogP contribution in [0.1, 0.15) is 33.1 Å². The fourth-order valence-electron chi connectivity index (χ4n) is 1.72. The van der Waals surface area contributed by atoms with Crippen LogP contribution in [-0.2, 0) is 9.53 Å². The third-order valence-electron chi connectivity index (χ3n) is 3.83. The summed E-state index contributed by atoms with van der Waals surface area (Å²) in [7, 11) is 5.47. The molecule has 0 saturated heterocycles. The molecular weight excluding hydrogens is 280 g/mol. The Morgan fingerprint density at radius 1 is 1.36 bits per heavy atom. The van der Waals surface area contributed by atoms with E-state index in [1.54, 1.807) is 19.0 Å². The lowest BCUT2D eigenvalue weighted by molar-refractivity contribution is -0.127. The first-order valence-electron chi connectivity index (χ1n) is 8.24. The van der Waals surface area contributed by atoms with E-state index in [4.69, 9.17) is 4.74 Å². The van der Waals surface area contributed by atoms with Gasteiger partial charge in [-0.15, -0.1) is 0 Å². The lowest BCUT2D eigenvalue weighted by Crippen LogP contribution is -2.45. The summed E-state index contributed by atoms with van der Waals surface area (Å²) in [6, 6.07) is 0.322. The molecule has 1 rings (SSSR count). The summed E-state index contributed by atoms with van der Waals surface area (Å²) in [5.74, 6) is 1.55. The van der Waals surface area contributed by atoms with Crippen LogP contribution < -0.4 is 5.32 Å². The fraction of sp³-hybridized carbons (Fsp3) is 0.875. The van der Waals surface area contributed by atoms with Gasteiger partial charge in [0.1, 0.15) is 6.54 Å². The van der Waals surface area contributed by atoms with Crippen molar-refractivity contribution in [3.05, 3.63) is 0 Å². The highest BCUT2D eigenvalue weighted by Gasteiger charge is 2.21. The summed E-state index contributed by atoms with van der Waals surface area (Å²) in [6.07, 6.45) is 3.63. The Labute approximate surface area is 134 Å². The van der Waals surface area contributed by atoms with Crippen LogP contribution in [0.4, 0.5) is 0 Å². The zero-order valence-electron chi connectivity index (χ0n) is 14.8. The maximum atomic E-state index is 11.7. The van der Waals surface area contributed by atoms with Crippen molar-refractivity contribution in [1.82, 2.24) is 15.1 Å². The van der Waals surface area contributed by atoms with E-state index in [0.717, 1.165) is 31.4 Å². The highest BCUT2D eigenvalue weighted by molar-refractivity contribution is 5.84. The van der Waals surface area contributed by atoms with Gasteiger partial charge in [-0.25, -0.2) is 4.99 Å². The van der Waals surface area contributed by atoms with Crippen molar-refractivity contribution in [3.8, 4) is 0 Å². The Morgan fingerprint density at radius 3 is 2.59 bits per heavy atom. The van der Waals surface area contributed by atoms with Crippen LogP contribution in [-0.4, -0.2) is 75.2 Å². The molecular formula is C16H32N4O2. The van der Waals surface area contributed by atoms with E-state index in [1.807, 2.05) is 11.9 Å². The van der Waals surface area contributed by atoms with E-state index in [1.165, 1.54) is 12.8 Å². The SMILES string of the molecule is CCC(C)NC(=NCC(=O)N(C)C)N(C)CCOCC1CC1. The standard InChI is InChI=1S/C16H32N4O2/c1-6-13(2)18-16(17-11-15(21)19(3)4)20(5)9-10-22-12-14-7-8-14/h13-14H,6-12H2,1-5H3,(H,17,18). The minimum Gasteiger partial charge on any atom is -0.379 e. The van der Waals surface area contributed by atoms with Gasteiger partial charge in [-0.1, -0.05) is 6.92 Å². The molecule has 6 nitrogen and oxygen atoms in total. The van der Waals surface area contributed by atoms with E-state index in [9.17, 15) is 4.79 Å². The van der Waals surface area contributed by atoms with Crippen LogP contribution in [0.2, 0.25) is 0 Å². The van der Waals surface area contributed by atoms with Crippen molar-refractivity contribution >= 4 is 11.9 Å². The van der Waals surface area contributed by atoms with Crippen molar-refractivity contribution in [2.24, 2.45) is 10.9 Å². The number of carbonyl (C=O) groups is 1. The highest BCUT2D eigenvalue weighted by Crippen LogP contribution is 2.28. The topological polar surface area (TPSA) is 57.2 Å². The predicted octanol–water partition coefficient (Wildman–Crippen LogP) is 1.18. The number of ether oxygens (including phenoxy) is 1. The average Bonchev–Trinajstić information content (AvgIpc) is 3.30. The quantitative estimate of drug-likeness (QED) is 0.394. The Hall–Kier alpha value is -1.30. The lowest BCUT2D eigenvalue weighted by Gasteiger charge is -2.25. The normalized spacial score (nSPS) is 16.3. The predicted molar refractivity (Wildman–Crippen MR) is 90.1 cm³/mol. The maximum absolute atomic E-state index is 11.7. The summed E-state index contributed by atoms with van der Waals surface area (Å²) in [5, 5.41) is 3.37. The molecule has 0 aromatic rings. The zero-order valence-corrected chi connectivity index (χ0v) is 14.8. The van der Waals surface area contributed by atoms with Gasteiger partial charge in [0.15, 0.2) is 5.96 Å². The van der Waals surface area contributed by atoms with Crippen LogP contribution in [0.15, 0.2) is 4.99 Å². The van der Waals surface area contributed by atoms with E-state index < -0.39 is 0 Å². The highest BCUT2D eigenvalue weighted by atomic mass is 16.5. The first kappa shape index (κ1) is 18.7. The lowest BCUT2D eigenvalue weighted by atomic mass is 10.3. The number of nitrogens with one attached hydrogen (secondary N) is 1.